The lowest BCUT2D eigenvalue weighted by atomic mass is 10.1. The van der Waals surface area contributed by atoms with E-state index in [1.165, 1.54) is 11.3 Å². The Morgan fingerprint density at radius 2 is 2.04 bits per heavy atom. The molecule has 6 nitrogen and oxygen atoms in total. The second-order valence-electron chi connectivity index (χ2n) is 6.45. The van der Waals surface area contributed by atoms with E-state index in [-0.39, 0.29) is 5.60 Å². The number of thiazole rings is 1. The van der Waals surface area contributed by atoms with Crippen molar-refractivity contribution in [3.63, 3.8) is 0 Å². The van der Waals surface area contributed by atoms with Crippen molar-refractivity contribution < 1.29 is 9.47 Å². The molecule has 0 amide bonds. The summed E-state index contributed by atoms with van der Waals surface area (Å²) in [6.07, 6.45) is 3.58. The van der Waals surface area contributed by atoms with Gasteiger partial charge in [-0.1, -0.05) is 17.4 Å². The summed E-state index contributed by atoms with van der Waals surface area (Å²) in [7, 11) is 1.68. The van der Waals surface area contributed by atoms with Crippen LogP contribution in [0.3, 0.4) is 0 Å². The highest BCUT2D eigenvalue weighted by Crippen LogP contribution is 2.30. The molecule has 3 aromatic heterocycles. The molecule has 136 valence electrons. The molecule has 0 bridgehead atoms. The molecule has 0 saturated heterocycles. The highest BCUT2D eigenvalue weighted by atomic mass is 32.1. The van der Waals surface area contributed by atoms with Gasteiger partial charge in [-0.05, 0) is 32.9 Å². The molecule has 0 saturated carbocycles. The average molecular weight is 370 g/mol. The maximum absolute atomic E-state index is 5.86. The first kappa shape index (κ1) is 18.3. The molecule has 0 atom stereocenters. The predicted octanol–water partition coefficient (Wildman–Crippen LogP) is 4.46. The van der Waals surface area contributed by atoms with E-state index < -0.39 is 0 Å². The highest BCUT2D eigenvalue weighted by Gasteiger charge is 2.17. The van der Waals surface area contributed by atoms with Crippen molar-refractivity contribution >= 4 is 22.3 Å². The quantitative estimate of drug-likeness (QED) is 0.662. The Kier molecular flexibility index (Phi) is 5.49. The number of ether oxygens (including phenoxy) is 2. The molecule has 3 rings (SSSR count). The monoisotopic (exact) mass is 370 g/mol. The van der Waals surface area contributed by atoms with Gasteiger partial charge in [-0.25, -0.2) is 9.97 Å². The molecule has 0 aliphatic heterocycles. The summed E-state index contributed by atoms with van der Waals surface area (Å²) in [5, 5.41) is 4.00. The van der Waals surface area contributed by atoms with Gasteiger partial charge in [0, 0.05) is 37.3 Å². The van der Waals surface area contributed by atoms with Gasteiger partial charge in [0.05, 0.1) is 16.2 Å². The molecule has 26 heavy (non-hydrogen) atoms. The topological polar surface area (TPSA) is 69.2 Å². The van der Waals surface area contributed by atoms with Crippen molar-refractivity contribution in [2.24, 2.45) is 0 Å². The summed E-state index contributed by atoms with van der Waals surface area (Å²) in [5.74, 6) is 1.43. The van der Waals surface area contributed by atoms with Crippen LogP contribution in [0.15, 0.2) is 42.7 Å². The van der Waals surface area contributed by atoms with Crippen LogP contribution < -0.4 is 10.1 Å². The van der Waals surface area contributed by atoms with Gasteiger partial charge in [0.1, 0.15) is 18.2 Å². The zero-order valence-corrected chi connectivity index (χ0v) is 16.1. The fourth-order valence-electron chi connectivity index (χ4n) is 2.17. The van der Waals surface area contributed by atoms with Crippen LogP contribution in [-0.4, -0.2) is 34.3 Å². The minimum Gasteiger partial charge on any atom is -0.490 e. The first-order valence-electron chi connectivity index (χ1n) is 8.26. The molecule has 0 aliphatic carbocycles. The third-order valence-electron chi connectivity index (χ3n) is 3.72. The third-order valence-corrected chi connectivity index (χ3v) is 4.66. The lowest BCUT2D eigenvalue weighted by Gasteiger charge is -2.23. The average Bonchev–Trinajstić information content (AvgIpc) is 3.09. The molecule has 0 aromatic carbocycles. The second kappa shape index (κ2) is 7.80. The number of rotatable bonds is 7. The van der Waals surface area contributed by atoms with Crippen LogP contribution in [0.25, 0.3) is 10.6 Å². The molecular formula is C19H22N4O2S. The standard InChI is InChI=1S/C19H22N4O2S/c1-13-9-14(25-12-19(2,3)24-4)10-17(22-13)23-18-21-11-16(26-18)15-7-5-6-8-20-15/h5-11H,12H2,1-4H3,(H,21,22,23). The molecule has 1 N–H and O–H groups in total. The van der Waals surface area contributed by atoms with E-state index in [2.05, 4.69) is 20.3 Å². The molecule has 0 unspecified atom stereocenters. The van der Waals surface area contributed by atoms with Crippen LogP contribution in [0.4, 0.5) is 10.9 Å². The Labute approximate surface area is 157 Å². The Balaban J connectivity index is 1.73. The molecule has 0 spiro atoms. The van der Waals surface area contributed by atoms with Gasteiger partial charge in [-0.3, -0.25) is 4.98 Å². The Hall–Kier alpha value is -2.51. The maximum Gasteiger partial charge on any atom is 0.188 e. The number of anilines is 2. The first-order chi connectivity index (χ1) is 12.4. The fraction of sp³-hybridized carbons (Fsp3) is 0.316. The third kappa shape index (κ3) is 4.77. The van der Waals surface area contributed by atoms with E-state index in [1.54, 1.807) is 13.3 Å². The number of hydrogen-bond donors (Lipinski definition) is 1. The summed E-state index contributed by atoms with van der Waals surface area (Å²) in [6.45, 7) is 6.35. The van der Waals surface area contributed by atoms with Gasteiger partial charge in [0.15, 0.2) is 5.13 Å². The highest BCUT2D eigenvalue weighted by molar-refractivity contribution is 7.18. The minimum atomic E-state index is -0.350. The lowest BCUT2D eigenvalue weighted by Crippen LogP contribution is -2.30. The van der Waals surface area contributed by atoms with Crippen LogP contribution in [-0.2, 0) is 4.74 Å². The van der Waals surface area contributed by atoms with Gasteiger partial charge in [-0.2, -0.15) is 0 Å². The van der Waals surface area contributed by atoms with Crippen LogP contribution >= 0.6 is 11.3 Å². The van der Waals surface area contributed by atoms with E-state index in [4.69, 9.17) is 9.47 Å². The SMILES string of the molecule is COC(C)(C)COc1cc(C)nc(Nc2ncc(-c3ccccn3)s2)c1. The number of aromatic nitrogens is 3. The molecule has 0 aliphatic rings. The number of hydrogen-bond acceptors (Lipinski definition) is 7. The van der Waals surface area contributed by atoms with Gasteiger partial charge < -0.3 is 14.8 Å². The van der Waals surface area contributed by atoms with Crippen molar-refractivity contribution in [3.8, 4) is 16.3 Å². The minimum absolute atomic E-state index is 0.350. The van der Waals surface area contributed by atoms with Gasteiger partial charge >= 0.3 is 0 Å². The maximum atomic E-state index is 5.86. The molecular weight excluding hydrogens is 348 g/mol. The number of aryl methyl sites for hydroxylation is 1. The number of methoxy groups -OCH3 is 1. The normalized spacial score (nSPS) is 11.4. The van der Waals surface area contributed by atoms with Crippen molar-refractivity contribution in [2.45, 2.75) is 26.4 Å². The van der Waals surface area contributed by atoms with Crippen LogP contribution in [0.5, 0.6) is 5.75 Å². The summed E-state index contributed by atoms with van der Waals surface area (Å²) in [4.78, 5) is 14.3. The van der Waals surface area contributed by atoms with Crippen LogP contribution in [0.1, 0.15) is 19.5 Å². The van der Waals surface area contributed by atoms with Gasteiger partial charge in [0.2, 0.25) is 0 Å². The molecule has 3 heterocycles. The van der Waals surface area contributed by atoms with Crippen LogP contribution in [0.2, 0.25) is 0 Å². The molecule has 0 radical (unpaired) electrons. The summed E-state index contributed by atoms with van der Waals surface area (Å²) >= 11 is 1.53. The van der Waals surface area contributed by atoms with Crippen LogP contribution in [0, 0.1) is 6.92 Å². The lowest BCUT2D eigenvalue weighted by molar-refractivity contribution is -0.0146. The Morgan fingerprint density at radius 1 is 1.19 bits per heavy atom. The summed E-state index contributed by atoms with van der Waals surface area (Å²) < 4.78 is 11.3. The molecule has 3 aromatic rings. The Bertz CT molecular complexity index is 865. The summed E-state index contributed by atoms with van der Waals surface area (Å²) in [6, 6.07) is 9.58. The number of pyridine rings is 2. The zero-order valence-electron chi connectivity index (χ0n) is 15.3. The second-order valence-corrected chi connectivity index (χ2v) is 7.48. The van der Waals surface area contributed by atoms with Crippen molar-refractivity contribution in [2.75, 3.05) is 19.0 Å². The largest absolute Gasteiger partial charge is 0.490 e. The zero-order chi connectivity index (χ0) is 18.6. The summed E-state index contributed by atoms with van der Waals surface area (Å²) in [5.41, 5.74) is 1.42. The van der Waals surface area contributed by atoms with E-state index in [1.807, 2.05) is 57.3 Å². The van der Waals surface area contributed by atoms with Crippen molar-refractivity contribution in [1.82, 2.24) is 15.0 Å². The number of nitrogens with zero attached hydrogens (tertiary/aromatic N) is 3. The van der Waals surface area contributed by atoms with E-state index in [0.29, 0.717) is 12.4 Å². The fourth-order valence-corrected chi connectivity index (χ4v) is 2.97. The van der Waals surface area contributed by atoms with Gasteiger partial charge in [0.25, 0.3) is 0 Å². The van der Waals surface area contributed by atoms with E-state index in [0.717, 1.165) is 27.1 Å². The first-order valence-corrected chi connectivity index (χ1v) is 9.08. The smallest absolute Gasteiger partial charge is 0.188 e. The predicted molar refractivity (Wildman–Crippen MR) is 104 cm³/mol. The van der Waals surface area contributed by atoms with Crippen molar-refractivity contribution in [1.29, 1.82) is 0 Å². The van der Waals surface area contributed by atoms with E-state index >= 15 is 0 Å². The molecule has 7 heteroatoms. The Morgan fingerprint density at radius 3 is 2.77 bits per heavy atom. The molecule has 0 fully saturated rings. The van der Waals surface area contributed by atoms with E-state index in [9.17, 15) is 0 Å². The van der Waals surface area contributed by atoms with Gasteiger partial charge in [-0.15, -0.1) is 0 Å². The van der Waals surface area contributed by atoms with Crippen molar-refractivity contribution in [3.05, 3.63) is 48.4 Å². The number of nitrogens with one attached hydrogen (secondary N) is 1.